The molecule has 0 aliphatic rings. The van der Waals surface area contributed by atoms with E-state index in [0.29, 0.717) is 5.41 Å². The van der Waals surface area contributed by atoms with Gasteiger partial charge in [-0.2, -0.15) is 0 Å². The predicted molar refractivity (Wildman–Crippen MR) is 153 cm³/mol. The van der Waals surface area contributed by atoms with Crippen LogP contribution in [0.5, 0.6) is 0 Å². The highest BCUT2D eigenvalue weighted by Gasteiger charge is 2.26. The van der Waals surface area contributed by atoms with Gasteiger partial charge in [0.25, 0.3) is 0 Å². The highest BCUT2D eigenvalue weighted by Crippen LogP contribution is 2.36. The van der Waals surface area contributed by atoms with E-state index in [1.54, 1.807) is 0 Å². The van der Waals surface area contributed by atoms with E-state index in [1.807, 2.05) is 0 Å². The number of halogens is 2. The molecule has 0 bridgehead atoms. The molecule has 0 spiro atoms. The van der Waals surface area contributed by atoms with Crippen molar-refractivity contribution in [2.75, 3.05) is 8.86 Å². The Morgan fingerprint density at radius 1 is 0.448 bits per heavy atom. The standard InChI is InChI=1S/C27H50I2/c1-3-5-7-9-11-13-15-17-19-21-23-27(25-28,26-29)24-22-20-18-16-14-12-10-8-6-4-2/h3-4H,1-2,5-26H2. The molecule has 0 unspecified atom stereocenters. The van der Waals surface area contributed by atoms with Gasteiger partial charge in [0, 0.05) is 8.86 Å². The molecule has 0 fully saturated rings. The summed E-state index contributed by atoms with van der Waals surface area (Å²) >= 11 is 5.33. The Labute approximate surface area is 211 Å². The first kappa shape index (κ1) is 29.9. The first-order valence-electron chi connectivity index (χ1n) is 12.6. The Kier molecular flexibility index (Phi) is 24.4. The van der Waals surface area contributed by atoms with Gasteiger partial charge in [0.1, 0.15) is 0 Å². The molecule has 0 rings (SSSR count). The van der Waals surface area contributed by atoms with Gasteiger partial charge in [-0.05, 0) is 43.9 Å². The molecule has 0 heterocycles. The van der Waals surface area contributed by atoms with Crippen molar-refractivity contribution in [3.05, 3.63) is 25.3 Å². The van der Waals surface area contributed by atoms with Gasteiger partial charge >= 0.3 is 0 Å². The Balaban J connectivity index is 3.66. The Hall–Kier alpha value is 0.940. The molecule has 29 heavy (non-hydrogen) atoms. The molecule has 0 saturated carbocycles. The second-order valence-electron chi connectivity index (χ2n) is 9.08. The quantitative estimate of drug-likeness (QED) is 0.0432. The summed E-state index contributed by atoms with van der Waals surface area (Å²) in [7, 11) is 0. The van der Waals surface area contributed by atoms with Gasteiger partial charge in [0.15, 0.2) is 0 Å². The summed E-state index contributed by atoms with van der Waals surface area (Å²) in [4.78, 5) is 0. The van der Waals surface area contributed by atoms with E-state index in [0.717, 1.165) is 0 Å². The van der Waals surface area contributed by atoms with E-state index in [1.165, 1.54) is 137 Å². The lowest BCUT2D eigenvalue weighted by molar-refractivity contribution is 0.306. The summed E-state index contributed by atoms with van der Waals surface area (Å²) in [6.45, 7) is 7.61. The zero-order valence-electron chi connectivity index (χ0n) is 19.4. The van der Waals surface area contributed by atoms with Crippen LogP contribution in [0.15, 0.2) is 25.3 Å². The van der Waals surface area contributed by atoms with E-state index in [2.05, 4.69) is 70.5 Å². The second-order valence-corrected chi connectivity index (χ2v) is 10.6. The van der Waals surface area contributed by atoms with Crippen LogP contribution in [-0.4, -0.2) is 8.86 Å². The minimum absolute atomic E-state index is 0.622. The molecule has 0 aliphatic carbocycles. The van der Waals surface area contributed by atoms with Crippen LogP contribution in [0.3, 0.4) is 0 Å². The third-order valence-corrected chi connectivity index (χ3v) is 9.53. The van der Waals surface area contributed by atoms with Crippen molar-refractivity contribution in [3.63, 3.8) is 0 Å². The topological polar surface area (TPSA) is 0 Å². The summed E-state index contributed by atoms with van der Waals surface area (Å²) in [5.41, 5.74) is 0.622. The van der Waals surface area contributed by atoms with Crippen LogP contribution in [0.2, 0.25) is 0 Å². The highest BCUT2D eigenvalue weighted by molar-refractivity contribution is 14.1. The zero-order chi connectivity index (χ0) is 21.5. The largest absolute Gasteiger partial charge is 0.103 e. The maximum absolute atomic E-state index is 3.80. The van der Waals surface area contributed by atoms with Crippen LogP contribution in [-0.2, 0) is 0 Å². The van der Waals surface area contributed by atoms with E-state index >= 15 is 0 Å². The van der Waals surface area contributed by atoms with Crippen molar-refractivity contribution < 1.29 is 0 Å². The van der Waals surface area contributed by atoms with Crippen LogP contribution >= 0.6 is 45.2 Å². The number of hydrogen-bond donors (Lipinski definition) is 0. The summed E-state index contributed by atoms with van der Waals surface area (Å²) in [6.07, 6.45) is 32.2. The first-order chi connectivity index (χ1) is 14.2. The summed E-state index contributed by atoms with van der Waals surface area (Å²) in [5.74, 6) is 0. The molecule has 0 amide bonds. The molecule has 0 aromatic carbocycles. The maximum atomic E-state index is 3.80. The lowest BCUT2D eigenvalue weighted by Crippen LogP contribution is -2.24. The molecule has 0 aromatic heterocycles. The maximum Gasteiger partial charge on any atom is 0.00593 e. The van der Waals surface area contributed by atoms with Gasteiger partial charge in [0.2, 0.25) is 0 Å². The van der Waals surface area contributed by atoms with Crippen molar-refractivity contribution >= 4 is 45.2 Å². The van der Waals surface area contributed by atoms with Gasteiger partial charge in [-0.25, -0.2) is 0 Å². The average molecular weight is 629 g/mol. The van der Waals surface area contributed by atoms with E-state index in [9.17, 15) is 0 Å². The molecule has 0 nitrogen and oxygen atoms in total. The molecule has 0 atom stereocenters. The van der Waals surface area contributed by atoms with E-state index in [4.69, 9.17) is 0 Å². The number of allylic oxidation sites excluding steroid dienone is 2. The monoisotopic (exact) mass is 628 g/mol. The average Bonchev–Trinajstić information content (AvgIpc) is 2.75. The van der Waals surface area contributed by atoms with Crippen LogP contribution in [0, 0.1) is 5.41 Å². The fourth-order valence-electron chi connectivity index (χ4n) is 4.13. The third-order valence-electron chi connectivity index (χ3n) is 6.30. The summed E-state index contributed by atoms with van der Waals surface area (Å²) in [5, 5.41) is 0. The van der Waals surface area contributed by atoms with Gasteiger partial charge in [0.05, 0.1) is 0 Å². The Morgan fingerprint density at radius 3 is 1.00 bits per heavy atom. The minimum Gasteiger partial charge on any atom is -0.103 e. The van der Waals surface area contributed by atoms with Crippen LogP contribution in [0.25, 0.3) is 0 Å². The fourth-order valence-corrected chi connectivity index (χ4v) is 7.22. The molecule has 0 N–H and O–H groups in total. The molecule has 172 valence electrons. The van der Waals surface area contributed by atoms with E-state index < -0.39 is 0 Å². The Bertz CT molecular complexity index is 316. The third kappa shape index (κ3) is 19.4. The van der Waals surface area contributed by atoms with Crippen molar-refractivity contribution in [3.8, 4) is 0 Å². The Morgan fingerprint density at radius 2 is 0.724 bits per heavy atom. The second kappa shape index (κ2) is 23.6. The SMILES string of the molecule is C=CCCCCCCCCCCC(CI)(CI)CCCCCCCCCCC=C. The molecule has 2 heteroatoms. The highest BCUT2D eigenvalue weighted by atomic mass is 127. The normalized spacial score (nSPS) is 11.7. The number of hydrogen-bond acceptors (Lipinski definition) is 0. The van der Waals surface area contributed by atoms with Crippen molar-refractivity contribution in [2.24, 2.45) is 5.41 Å². The molecule has 0 aromatic rings. The van der Waals surface area contributed by atoms with Crippen molar-refractivity contribution in [1.29, 1.82) is 0 Å². The fraction of sp³-hybridized carbons (Fsp3) is 0.852. The molecular weight excluding hydrogens is 578 g/mol. The molecular formula is C27H50I2. The van der Waals surface area contributed by atoms with Crippen molar-refractivity contribution in [2.45, 2.75) is 128 Å². The minimum atomic E-state index is 0.622. The number of unbranched alkanes of at least 4 members (excludes halogenated alkanes) is 16. The van der Waals surface area contributed by atoms with Gasteiger partial charge in [-0.1, -0.05) is 147 Å². The van der Waals surface area contributed by atoms with Crippen molar-refractivity contribution in [1.82, 2.24) is 0 Å². The molecule has 0 radical (unpaired) electrons. The number of rotatable bonds is 24. The van der Waals surface area contributed by atoms with Crippen LogP contribution in [0.1, 0.15) is 128 Å². The zero-order valence-corrected chi connectivity index (χ0v) is 23.7. The lowest BCUT2D eigenvalue weighted by Gasteiger charge is -2.30. The number of alkyl halides is 2. The van der Waals surface area contributed by atoms with Crippen LogP contribution < -0.4 is 0 Å². The molecule has 0 aliphatic heterocycles. The van der Waals surface area contributed by atoms with E-state index in [-0.39, 0.29) is 0 Å². The predicted octanol–water partition coefficient (Wildman–Crippen LogP) is 11.0. The van der Waals surface area contributed by atoms with Gasteiger partial charge in [-0.3, -0.25) is 0 Å². The summed E-state index contributed by atoms with van der Waals surface area (Å²) < 4.78 is 2.70. The van der Waals surface area contributed by atoms with Gasteiger partial charge in [-0.15, -0.1) is 13.2 Å². The lowest BCUT2D eigenvalue weighted by atomic mass is 9.81. The van der Waals surface area contributed by atoms with Crippen LogP contribution in [0.4, 0.5) is 0 Å². The summed E-state index contributed by atoms with van der Waals surface area (Å²) in [6, 6.07) is 0. The van der Waals surface area contributed by atoms with Gasteiger partial charge < -0.3 is 0 Å². The smallest absolute Gasteiger partial charge is 0.00593 e. The first-order valence-corrected chi connectivity index (χ1v) is 15.6. The molecule has 0 saturated heterocycles.